The monoisotopic (exact) mass is 318 g/mol. The first-order valence-electron chi connectivity index (χ1n) is 6.84. The molecule has 0 aliphatic rings. The number of esters is 1. The van der Waals surface area contributed by atoms with Crippen molar-refractivity contribution >= 4 is 18.0 Å². The summed E-state index contributed by atoms with van der Waals surface area (Å²) in [4.78, 5) is 28.9. The van der Waals surface area contributed by atoms with Gasteiger partial charge in [0.2, 0.25) is 0 Å². The standard InChI is InChI=1S/C13H26N4O5/c1-13(2,3)22-10(18)9(7-6-8-16-11(14)15)17(21-5)12(19)20-4/h9H,6-8H2,1-5H3,(H4,14,15,16)/t9-/m0/s1. The third kappa shape index (κ3) is 7.67. The molecule has 9 nitrogen and oxygen atoms in total. The van der Waals surface area contributed by atoms with E-state index in [9.17, 15) is 9.59 Å². The lowest BCUT2D eigenvalue weighted by molar-refractivity contribution is -0.185. The van der Waals surface area contributed by atoms with Gasteiger partial charge in [0.25, 0.3) is 0 Å². The molecule has 0 spiro atoms. The van der Waals surface area contributed by atoms with Crippen LogP contribution in [0.5, 0.6) is 0 Å². The van der Waals surface area contributed by atoms with Crippen molar-refractivity contribution in [2.75, 3.05) is 20.8 Å². The lowest BCUT2D eigenvalue weighted by Gasteiger charge is -2.29. The Labute approximate surface area is 130 Å². The fraction of sp³-hybridized carbons (Fsp3) is 0.769. The quantitative estimate of drug-likeness (QED) is 0.206. The van der Waals surface area contributed by atoms with Gasteiger partial charge in [0.05, 0.1) is 14.2 Å². The smallest absolute Gasteiger partial charge is 0.434 e. The second kappa shape index (κ2) is 9.08. The zero-order valence-corrected chi connectivity index (χ0v) is 13.8. The maximum Gasteiger partial charge on any atom is 0.434 e. The molecule has 0 heterocycles. The summed E-state index contributed by atoms with van der Waals surface area (Å²) in [5.74, 6) is -0.757. The third-order valence-electron chi connectivity index (χ3n) is 2.48. The second-order valence-electron chi connectivity index (χ2n) is 5.51. The van der Waals surface area contributed by atoms with Crippen LogP contribution in [0.3, 0.4) is 0 Å². The number of carbonyl (C=O) groups is 2. The van der Waals surface area contributed by atoms with Gasteiger partial charge < -0.3 is 20.5 Å². The average Bonchev–Trinajstić information content (AvgIpc) is 2.39. The molecule has 1 amide bonds. The number of nitrogens with one attached hydrogen (secondary N) is 2. The van der Waals surface area contributed by atoms with Gasteiger partial charge in [-0.1, -0.05) is 0 Å². The Balaban J connectivity index is 4.92. The summed E-state index contributed by atoms with van der Waals surface area (Å²) in [6, 6.07) is -0.953. The van der Waals surface area contributed by atoms with E-state index in [4.69, 9.17) is 20.7 Å². The summed E-state index contributed by atoms with van der Waals surface area (Å²) < 4.78 is 9.89. The minimum atomic E-state index is -0.953. The Kier molecular flexibility index (Phi) is 8.24. The fourth-order valence-corrected chi connectivity index (χ4v) is 1.64. The molecule has 0 radical (unpaired) electrons. The zero-order valence-electron chi connectivity index (χ0n) is 13.8. The number of nitrogens with zero attached hydrogens (tertiary/aromatic N) is 1. The van der Waals surface area contributed by atoms with E-state index < -0.39 is 23.7 Å². The molecule has 1 atom stereocenters. The van der Waals surface area contributed by atoms with Crippen LogP contribution in [0, 0.1) is 5.41 Å². The molecule has 0 aromatic rings. The van der Waals surface area contributed by atoms with E-state index in [1.54, 1.807) is 20.8 Å². The SMILES string of the molecule is COC(=O)N(OC)[C@@H](CCCNC(=N)N)C(=O)OC(C)(C)C. The van der Waals surface area contributed by atoms with E-state index in [1.165, 1.54) is 14.2 Å². The summed E-state index contributed by atoms with van der Waals surface area (Å²) in [6.07, 6.45) is -0.0590. The van der Waals surface area contributed by atoms with Crippen LogP contribution in [0.4, 0.5) is 4.79 Å². The number of amides is 1. The number of hydroxylamine groups is 2. The normalized spacial score (nSPS) is 12.2. The van der Waals surface area contributed by atoms with Crippen LogP contribution in [0.1, 0.15) is 33.6 Å². The first kappa shape index (κ1) is 20.0. The van der Waals surface area contributed by atoms with Crippen molar-refractivity contribution in [3.8, 4) is 0 Å². The van der Waals surface area contributed by atoms with Gasteiger partial charge in [-0.3, -0.25) is 10.2 Å². The van der Waals surface area contributed by atoms with E-state index in [0.717, 1.165) is 5.06 Å². The Hall–Kier alpha value is -2.03. The minimum Gasteiger partial charge on any atom is -0.458 e. The molecule has 0 unspecified atom stereocenters. The number of nitrogens with two attached hydrogens (primary N) is 1. The predicted octanol–water partition coefficient (Wildman–Crippen LogP) is 0.590. The molecule has 9 heteroatoms. The maximum atomic E-state index is 12.3. The van der Waals surface area contributed by atoms with Crippen LogP contribution in [0.15, 0.2) is 0 Å². The van der Waals surface area contributed by atoms with Crippen molar-refractivity contribution in [3.05, 3.63) is 0 Å². The topological polar surface area (TPSA) is 127 Å². The Bertz CT molecular complexity index is 394. The van der Waals surface area contributed by atoms with Gasteiger partial charge >= 0.3 is 12.1 Å². The number of ether oxygens (including phenoxy) is 2. The number of methoxy groups -OCH3 is 1. The average molecular weight is 318 g/mol. The van der Waals surface area contributed by atoms with Crippen molar-refractivity contribution in [3.63, 3.8) is 0 Å². The lowest BCUT2D eigenvalue weighted by Crippen LogP contribution is -2.47. The third-order valence-corrected chi connectivity index (χ3v) is 2.48. The minimum absolute atomic E-state index is 0.162. The Morgan fingerprint density at radius 1 is 1.32 bits per heavy atom. The molecule has 0 saturated heterocycles. The van der Waals surface area contributed by atoms with Gasteiger partial charge in [0.1, 0.15) is 5.60 Å². The number of carbonyl (C=O) groups excluding carboxylic acids is 2. The number of rotatable bonds is 7. The first-order chi connectivity index (χ1) is 10.1. The van der Waals surface area contributed by atoms with E-state index in [2.05, 4.69) is 10.1 Å². The summed E-state index contributed by atoms with van der Waals surface area (Å²) in [6.45, 7) is 5.57. The molecular formula is C13H26N4O5. The van der Waals surface area contributed by atoms with Crippen LogP contribution in [0.25, 0.3) is 0 Å². The van der Waals surface area contributed by atoms with Crippen molar-refractivity contribution in [2.45, 2.75) is 45.3 Å². The van der Waals surface area contributed by atoms with Crippen molar-refractivity contribution in [1.29, 1.82) is 5.41 Å². The van der Waals surface area contributed by atoms with Crippen molar-refractivity contribution in [2.24, 2.45) is 5.73 Å². The highest BCUT2D eigenvalue weighted by Crippen LogP contribution is 2.16. The molecule has 0 aliphatic carbocycles. The van der Waals surface area contributed by atoms with Crippen LogP contribution in [-0.4, -0.2) is 55.5 Å². The molecule has 4 N–H and O–H groups in total. The van der Waals surface area contributed by atoms with Gasteiger partial charge in [0.15, 0.2) is 12.0 Å². The van der Waals surface area contributed by atoms with Gasteiger partial charge in [0, 0.05) is 6.54 Å². The highest BCUT2D eigenvalue weighted by molar-refractivity contribution is 5.81. The Morgan fingerprint density at radius 3 is 2.32 bits per heavy atom. The fourth-order valence-electron chi connectivity index (χ4n) is 1.64. The highest BCUT2D eigenvalue weighted by Gasteiger charge is 2.34. The van der Waals surface area contributed by atoms with E-state index in [0.29, 0.717) is 13.0 Å². The molecular weight excluding hydrogens is 292 g/mol. The molecule has 0 saturated carbocycles. The lowest BCUT2D eigenvalue weighted by atomic mass is 10.1. The summed E-state index contributed by atoms with van der Waals surface area (Å²) in [5.41, 5.74) is 4.49. The Morgan fingerprint density at radius 2 is 1.91 bits per heavy atom. The molecule has 128 valence electrons. The molecule has 0 fully saturated rings. The molecule has 0 aromatic heterocycles. The number of guanidine groups is 1. The van der Waals surface area contributed by atoms with Crippen LogP contribution < -0.4 is 11.1 Å². The van der Waals surface area contributed by atoms with Crippen molar-refractivity contribution < 1.29 is 23.9 Å². The van der Waals surface area contributed by atoms with Gasteiger partial charge in [-0.15, -0.1) is 0 Å². The molecule has 0 aliphatic heterocycles. The summed E-state index contributed by atoms with van der Waals surface area (Å²) >= 11 is 0. The van der Waals surface area contributed by atoms with E-state index in [1.807, 2.05) is 0 Å². The van der Waals surface area contributed by atoms with Crippen molar-refractivity contribution in [1.82, 2.24) is 10.4 Å². The van der Waals surface area contributed by atoms with Crippen LogP contribution >= 0.6 is 0 Å². The first-order valence-corrected chi connectivity index (χ1v) is 6.84. The van der Waals surface area contributed by atoms with E-state index >= 15 is 0 Å². The van der Waals surface area contributed by atoms with E-state index in [-0.39, 0.29) is 12.4 Å². The van der Waals surface area contributed by atoms with Crippen LogP contribution in [-0.2, 0) is 19.1 Å². The van der Waals surface area contributed by atoms with Gasteiger partial charge in [-0.2, -0.15) is 5.06 Å². The molecule has 0 bridgehead atoms. The van der Waals surface area contributed by atoms with Gasteiger partial charge in [-0.05, 0) is 33.6 Å². The highest BCUT2D eigenvalue weighted by atomic mass is 16.7. The molecule has 0 rings (SSSR count). The zero-order chi connectivity index (χ0) is 17.3. The summed E-state index contributed by atoms with van der Waals surface area (Å²) in [7, 11) is 2.46. The second-order valence-corrected chi connectivity index (χ2v) is 5.51. The predicted molar refractivity (Wildman–Crippen MR) is 80.0 cm³/mol. The summed E-state index contributed by atoms with van der Waals surface area (Å²) in [5, 5.41) is 10.5. The van der Waals surface area contributed by atoms with Crippen LogP contribution in [0.2, 0.25) is 0 Å². The number of hydrogen-bond acceptors (Lipinski definition) is 6. The molecule has 22 heavy (non-hydrogen) atoms. The van der Waals surface area contributed by atoms with Gasteiger partial charge in [-0.25, -0.2) is 9.59 Å². The number of hydrogen-bond donors (Lipinski definition) is 3. The largest absolute Gasteiger partial charge is 0.458 e. The maximum absolute atomic E-state index is 12.3. The molecule has 0 aromatic carbocycles.